The Hall–Kier alpha value is -2.74. The molecule has 28 heavy (non-hydrogen) atoms. The van der Waals surface area contributed by atoms with Gasteiger partial charge in [0.2, 0.25) is 10.0 Å². The average molecular weight is 401 g/mol. The second-order valence-corrected chi connectivity index (χ2v) is 9.01. The lowest BCUT2D eigenvalue weighted by Crippen LogP contribution is -2.48. The summed E-state index contributed by atoms with van der Waals surface area (Å²) in [4.78, 5) is 15.0. The lowest BCUT2D eigenvalue weighted by atomic mass is 10.2. The molecule has 0 aromatic heterocycles. The Morgan fingerprint density at radius 2 is 1.75 bits per heavy atom. The number of nitrogens with one attached hydrogen (secondary N) is 1. The van der Waals surface area contributed by atoms with Gasteiger partial charge in [0.1, 0.15) is 5.75 Å². The molecule has 1 N–H and O–H groups in total. The van der Waals surface area contributed by atoms with E-state index in [0.29, 0.717) is 17.1 Å². The third-order valence-electron chi connectivity index (χ3n) is 5.03. The molecule has 1 atom stereocenters. The second kappa shape index (κ2) is 7.35. The van der Waals surface area contributed by atoms with Gasteiger partial charge in [0.25, 0.3) is 5.91 Å². The fourth-order valence-corrected chi connectivity index (χ4v) is 4.52. The summed E-state index contributed by atoms with van der Waals surface area (Å²) in [6.07, 6.45) is 2.61. The summed E-state index contributed by atoms with van der Waals surface area (Å²) < 4.78 is 31.3. The van der Waals surface area contributed by atoms with Crippen molar-refractivity contribution in [1.29, 1.82) is 0 Å². The number of anilines is 3. The average Bonchev–Trinajstić information content (AvgIpc) is 3.21. The minimum absolute atomic E-state index is 0.0620. The van der Waals surface area contributed by atoms with Crippen LogP contribution in [-0.2, 0) is 14.8 Å². The van der Waals surface area contributed by atoms with Gasteiger partial charge >= 0.3 is 0 Å². The Bertz CT molecular complexity index is 969. The monoisotopic (exact) mass is 401 g/mol. The van der Waals surface area contributed by atoms with Crippen LogP contribution in [0.2, 0.25) is 0 Å². The molecule has 0 bridgehead atoms. The first kappa shape index (κ1) is 18.6. The van der Waals surface area contributed by atoms with Crippen LogP contribution in [0.4, 0.5) is 17.1 Å². The van der Waals surface area contributed by atoms with Crippen LogP contribution in [0, 0.1) is 0 Å². The van der Waals surface area contributed by atoms with Gasteiger partial charge in [-0.05, 0) is 49.2 Å². The molecule has 1 saturated heterocycles. The highest BCUT2D eigenvalue weighted by Crippen LogP contribution is 2.34. The first-order valence-corrected chi connectivity index (χ1v) is 11.2. The number of benzene rings is 2. The molecule has 7 nitrogen and oxygen atoms in total. The van der Waals surface area contributed by atoms with E-state index < -0.39 is 16.1 Å². The van der Waals surface area contributed by atoms with Gasteiger partial charge in [-0.25, -0.2) is 8.42 Å². The van der Waals surface area contributed by atoms with E-state index in [-0.39, 0.29) is 12.5 Å². The number of carbonyl (C=O) groups excluding carboxylic acids is 1. The number of para-hydroxylation sites is 2. The van der Waals surface area contributed by atoms with Crippen LogP contribution in [0.5, 0.6) is 5.75 Å². The normalized spacial score (nSPS) is 19.1. The van der Waals surface area contributed by atoms with E-state index in [1.165, 1.54) is 17.1 Å². The first-order valence-electron chi connectivity index (χ1n) is 9.31. The SMILES string of the molecule is CS(=O)(=O)N1CC(C(=O)Nc2ccc(N3CCCC3)cc2)Oc2ccccc21. The molecular weight excluding hydrogens is 378 g/mol. The summed E-state index contributed by atoms with van der Waals surface area (Å²) in [6.45, 7) is 2.05. The summed E-state index contributed by atoms with van der Waals surface area (Å²) in [7, 11) is -3.53. The van der Waals surface area contributed by atoms with Crippen molar-refractivity contribution in [3.63, 3.8) is 0 Å². The molecule has 1 fully saturated rings. The van der Waals surface area contributed by atoms with Crippen molar-refractivity contribution in [2.24, 2.45) is 0 Å². The smallest absolute Gasteiger partial charge is 0.267 e. The second-order valence-electron chi connectivity index (χ2n) is 7.10. The largest absolute Gasteiger partial charge is 0.476 e. The van der Waals surface area contributed by atoms with Crippen molar-refractivity contribution in [3.05, 3.63) is 48.5 Å². The third-order valence-corrected chi connectivity index (χ3v) is 6.18. The van der Waals surface area contributed by atoms with Crippen molar-refractivity contribution in [2.45, 2.75) is 18.9 Å². The number of amides is 1. The highest BCUT2D eigenvalue weighted by Gasteiger charge is 2.34. The molecule has 2 aliphatic rings. The van der Waals surface area contributed by atoms with Gasteiger partial charge in [0.05, 0.1) is 18.5 Å². The highest BCUT2D eigenvalue weighted by atomic mass is 32.2. The quantitative estimate of drug-likeness (QED) is 0.851. The molecule has 0 radical (unpaired) electrons. The van der Waals surface area contributed by atoms with Crippen LogP contribution in [0.1, 0.15) is 12.8 Å². The molecule has 148 valence electrons. The molecule has 8 heteroatoms. The Kier molecular flexibility index (Phi) is 4.89. The van der Waals surface area contributed by atoms with E-state index in [1.54, 1.807) is 24.3 Å². The van der Waals surface area contributed by atoms with Gasteiger partial charge in [0, 0.05) is 24.5 Å². The predicted octanol–water partition coefficient (Wildman–Crippen LogP) is 2.45. The number of nitrogens with zero attached hydrogens (tertiary/aromatic N) is 2. The van der Waals surface area contributed by atoms with Gasteiger partial charge in [-0.2, -0.15) is 0 Å². The zero-order chi connectivity index (χ0) is 19.7. The van der Waals surface area contributed by atoms with E-state index in [9.17, 15) is 13.2 Å². The molecule has 4 rings (SSSR count). The van der Waals surface area contributed by atoms with Crippen LogP contribution in [-0.4, -0.2) is 46.3 Å². The molecule has 2 heterocycles. The minimum atomic E-state index is -3.53. The maximum atomic E-state index is 12.7. The van der Waals surface area contributed by atoms with Gasteiger partial charge in [-0.3, -0.25) is 9.10 Å². The number of hydrogen-bond acceptors (Lipinski definition) is 5. The summed E-state index contributed by atoms with van der Waals surface area (Å²) in [6, 6.07) is 14.5. The Morgan fingerprint density at radius 1 is 1.07 bits per heavy atom. The molecule has 0 saturated carbocycles. The standard InChI is InChI=1S/C20H23N3O4S/c1-28(25,26)23-14-19(27-18-7-3-2-6-17(18)23)20(24)21-15-8-10-16(11-9-15)22-12-4-5-13-22/h2-3,6-11,19H,4-5,12-14H2,1H3,(H,21,24). The Labute approximate surface area is 165 Å². The molecule has 1 unspecified atom stereocenters. The lowest BCUT2D eigenvalue weighted by Gasteiger charge is -2.33. The zero-order valence-electron chi connectivity index (χ0n) is 15.7. The van der Waals surface area contributed by atoms with Crippen molar-refractivity contribution in [3.8, 4) is 5.75 Å². The van der Waals surface area contributed by atoms with Crippen molar-refractivity contribution < 1.29 is 17.9 Å². The minimum Gasteiger partial charge on any atom is -0.476 e. The molecule has 0 spiro atoms. The predicted molar refractivity (Wildman–Crippen MR) is 110 cm³/mol. The van der Waals surface area contributed by atoms with Crippen LogP contribution in [0.15, 0.2) is 48.5 Å². The molecule has 1 amide bonds. The van der Waals surface area contributed by atoms with Crippen molar-refractivity contribution >= 4 is 33.0 Å². The maximum absolute atomic E-state index is 12.7. The summed E-state index contributed by atoms with van der Waals surface area (Å²) in [5, 5.41) is 2.83. The van der Waals surface area contributed by atoms with Crippen molar-refractivity contribution in [1.82, 2.24) is 0 Å². The summed E-state index contributed by atoms with van der Waals surface area (Å²) in [5.74, 6) is 0.000724. The fraction of sp³-hybridized carbons (Fsp3) is 0.350. The Morgan fingerprint density at radius 3 is 2.43 bits per heavy atom. The first-order chi connectivity index (χ1) is 13.4. The van der Waals surface area contributed by atoms with Crippen LogP contribution < -0.4 is 19.3 Å². The van der Waals surface area contributed by atoms with Crippen LogP contribution in [0.3, 0.4) is 0 Å². The number of carbonyl (C=O) groups is 1. The lowest BCUT2D eigenvalue weighted by molar-refractivity contribution is -0.122. The van der Waals surface area contributed by atoms with Gasteiger partial charge in [0.15, 0.2) is 6.10 Å². The Balaban J connectivity index is 1.49. The van der Waals surface area contributed by atoms with E-state index >= 15 is 0 Å². The number of hydrogen-bond donors (Lipinski definition) is 1. The van der Waals surface area contributed by atoms with Crippen LogP contribution >= 0.6 is 0 Å². The van der Waals surface area contributed by atoms with Crippen LogP contribution in [0.25, 0.3) is 0 Å². The molecule has 0 aliphatic carbocycles. The van der Waals surface area contributed by atoms with Gasteiger partial charge in [-0.15, -0.1) is 0 Å². The molecule has 2 aliphatic heterocycles. The number of fused-ring (bicyclic) bond motifs is 1. The molecule has 2 aromatic rings. The summed E-state index contributed by atoms with van der Waals surface area (Å²) >= 11 is 0. The molecule has 2 aromatic carbocycles. The van der Waals surface area contributed by atoms with E-state index in [1.807, 2.05) is 24.3 Å². The van der Waals surface area contributed by atoms with Crippen molar-refractivity contribution in [2.75, 3.05) is 40.4 Å². The number of rotatable bonds is 4. The van der Waals surface area contributed by atoms with E-state index in [4.69, 9.17) is 4.74 Å². The fourth-order valence-electron chi connectivity index (χ4n) is 3.61. The number of sulfonamides is 1. The van der Waals surface area contributed by atoms with Gasteiger partial charge in [-0.1, -0.05) is 12.1 Å². The maximum Gasteiger partial charge on any atom is 0.267 e. The third kappa shape index (κ3) is 3.77. The van der Waals surface area contributed by atoms with E-state index in [0.717, 1.165) is 25.0 Å². The molecular formula is C20H23N3O4S. The van der Waals surface area contributed by atoms with Gasteiger partial charge < -0.3 is 15.0 Å². The number of ether oxygens (including phenoxy) is 1. The van der Waals surface area contributed by atoms with E-state index in [2.05, 4.69) is 10.2 Å². The zero-order valence-corrected chi connectivity index (χ0v) is 16.5. The topological polar surface area (TPSA) is 79.0 Å². The highest BCUT2D eigenvalue weighted by molar-refractivity contribution is 7.92. The summed E-state index contributed by atoms with van der Waals surface area (Å²) in [5.41, 5.74) is 2.24.